The van der Waals surface area contributed by atoms with Gasteiger partial charge in [-0.1, -0.05) is 18.2 Å². The van der Waals surface area contributed by atoms with Gasteiger partial charge in [0.1, 0.15) is 17.4 Å². The maximum absolute atomic E-state index is 13.4. The predicted octanol–water partition coefficient (Wildman–Crippen LogP) is 2.12. The standard InChI is InChI=1S/C17H16F2N2O3/c18-13-6-8-14(9-7-13)24-11-17(23)21-20-16(22)10-5-12-3-1-2-4-15(12)19/h1-4,6-9H,5,10-11H2,(H,20,22)(H,21,23). The van der Waals surface area contributed by atoms with Gasteiger partial charge in [-0.15, -0.1) is 0 Å². The Morgan fingerprint density at radius 2 is 1.58 bits per heavy atom. The topological polar surface area (TPSA) is 67.4 Å². The molecule has 5 nitrogen and oxygen atoms in total. The molecule has 0 aliphatic rings. The van der Waals surface area contributed by atoms with Crippen LogP contribution < -0.4 is 15.6 Å². The van der Waals surface area contributed by atoms with Crippen LogP contribution in [0.15, 0.2) is 48.5 Å². The van der Waals surface area contributed by atoms with Gasteiger partial charge in [-0.3, -0.25) is 20.4 Å². The summed E-state index contributed by atoms with van der Waals surface area (Å²) >= 11 is 0. The average Bonchev–Trinajstić information content (AvgIpc) is 2.58. The highest BCUT2D eigenvalue weighted by molar-refractivity contribution is 5.82. The van der Waals surface area contributed by atoms with Gasteiger partial charge < -0.3 is 4.74 Å². The normalized spacial score (nSPS) is 10.1. The number of amides is 2. The highest BCUT2D eigenvalue weighted by atomic mass is 19.1. The molecule has 7 heteroatoms. The smallest absolute Gasteiger partial charge is 0.276 e. The lowest BCUT2D eigenvalue weighted by Crippen LogP contribution is -2.43. The van der Waals surface area contributed by atoms with Gasteiger partial charge in [0.05, 0.1) is 0 Å². The zero-order chi connectivity index (χ0) is 17.4. The van der Waals surface area contributed by atoms with Crippen molar-refractivity contribution >= 4 is 11.8 Å². The van der Waals surface area contributed by atoms with Crippen molar-refractivity contribution in [2.24, 2.45) is 0 Å². The fraction of sp³-hybridized carbons (Fsp3) is 0.176. The number of halogens is 2. The SMILES string of the molecule is O=C(CCc1ccccc1F)NNC(=O)COc1ccc(F)cc1. The molecule has 0 spiro atoms. The highest BCUT2D eigenvalue weighted by Crippen LogP contribution is 2.10. The number of ether oxygens (including phenoxy) is 1. The Hall–Kier alpha value is -2.96. The molecule has 2 aromatic rings. The molecule has 24 heavy (non-hydrogen) atoms. The number of hydrazine groups is 1. The van der Waals surface area contributed by atoms with Crippen molar-refractivity contribution in [2.75, 3.05) is 6.61 Å². The highest BCUT2D eigenvalue weighted by Gasteiger charge is 2.08. The van der Waals surface area contributed by atoms with Gasteiger partial charge >= 0.3 is 0 Å². The third-order valence-electron chi connectivity index (χ3n) is 3.10. The van der Waals surface area contributed by atoms with Crippen molar-refractivity contribution in [3.8, 4) is 5.75 Å². The summed E-state index contributed by atoms with van der Waals surface area (Å²) < 4.78 is 31.2. The molecule has 2 N–H and O–H groups in total. The fourth-order valence-electron chi connectivity index (χ4n) is 1.87. The Morgan fingerprint density at radius 3 is 2.29 bits per heavy atom. The van der Waals surface area contributed by atoms with E-state index >= 15 is 0 Å². The van der Waals surface area contributed by atoms with E-state index in [2.05, 4.69) is 10.9 Å². The van der Waals surface area contributed by atoms with E-state index in [1.54, 1.807) is 18.2 Å². The van der Waals surface area contributed by atoms with Crippen molar-refractivity contribution in [2.45, 2.75) is 12.8 Å². The molecule has 126 valence electrons. The lowest BCUT2D eigenvalue weighted by atomic mass is 10.1. The molecule has 0 atom stereocenters. The maximum atomic E-state index is 13.4. The first kappa shape index (κ1) is 17.4. The maximum Gasteiger partial charge on any atom is 0.276 e. The summed E-state index contributed by atoms with van der Waals surface area (Å²) in [4.78, 5) is 23.1. The van der Waals surface area contributed by atoms with E-state index in [1.165, 1.54) is 30.3 Å². The van der Waals surface area contributed by atoms with E-state index in [-0.39, 0.29) is 25.3 Å². The predicted molar refractivity (Wildman–Crippen MR) is 82.9 cm³/mol. The number of hydrogen-bond acceptors (Lipinski definition) is 3. The van der Waals surface area contributed by atoms with Gasteiger partial charge in [-0.2, -0.15) is 0 Å². The molecule has 2 aromatic carbocycles. The lowest BCUT2D eigenvalue weighted by Gasteiger charge is -2.09. The van der Waals surface area contributed by atoms with E-state index in [1.807, 2.05) is 0 Å². The van der Waals surface area contributed by atoms with E-state index in [0.717, 1.165) is 0 Å². The minimum atomic E-state index is -0.571. The van der Waals surface area contributed by atoms with E-state index in [4.69, 9.17) is 4.74 Å². The first-order valence-corrected chi connectivity index (χ1v) is 7.24. The molecule has 0 saturated carbocycles. The molecule has 0 aliphatic carbocycles. The first-order chi connectivity index (χ1) is 11.5. The molecular weight excluding hydrogens is 318 g/mol. The number of rotatable bonds is 6. The van der Waals surface area contributed by atoms with Crippen molar-refractivity contribution in [1.29, 1.82) is 0 Å². The molecule has 2 amide bonds. The molecule has 0 radical (unpaired) electrons. The van der Waals surface area contributed by atoms with Crippen LogP contribution in [-0.2, 0) is 16.0 Å². The van der Waals surface area contributed by atoms with Crippen LogP contribution in [0.25, 0.3) is 0 Å². The number of aryl methyl sites for hydroxylation is 1. The van der Waals surface area contributed by atoms with E-state index < -0.39 is 17.6 Å². The molecule has 0 aliphatic heterocycles. The molecule has 0 aromatic heterocycles. The zero-order valence-corrected chi connectivity index (χ0v) is 12.7. The van der Waals surface area contributed by atoms with Gasteiger partial charge in [0.2, 0.25) is 5.91 Å². The summed E-state index contributed by atoms with van der Waals surface area (Å²) in [5.74, 6) is -1.47. The summed E-state index contributed by atoms with van der Waals surface area (Å²) in [7, 11) is 0. The Balaban J connectivity index is 1.66. The second kappa shape index (κ2) is 8.61. The van der Waals surface area contributed by atoms with E-state index in [9.17, 15) is 18.4 Å². The Bertz CT molecular complexity index is 705. The molecule has 2 rings (SSSR count). The van der Waals surface area contributed by atoms with Gasteiger partial charge in [0.15, 0.2) is 6.61 Å². The van der Waals surface area contributed by atoms with E-state index in [0.29, 0.717) is 11.3 Å². The van der Waals surface area contributed by atoms with Crippen LogP contribution in [0.5, 0.6) is 5.75 Å². The largest absolute Gasteiger partial charge is 0.484 e. The van der Waals surface area contributed by atoms with Crippen LogP contribution in [0.1, 0.15) is 12.0 Å². The molecular formula is C17H16F2N2O3. The molecule has 0 heterocycles. The van der Waals surface area contributed by atoms with Crippen molar-refractivity contribution < 1.29 is 23.1 Å². The van der Waals surface area contributed by atoms with Gasteiger partial charge in [-0.05, 0) is 42.3 Å². The van der Waals surface area contributed by atoms with Gasteiger partial charge in [0.25, 0.3) is 5.91 Å². The quantitative estimate of drug-likeness (QED) is 0.795. The number of hydrogen-bond donors (Lipinski definition) is 2. The Labute approximate surface area is 137 Å². The molecule has 0 bridgehead atoms. The minimum absolute atomic E-state index is 0.0278. The van der Waals surface area contributed by atoms with Crippen LogP contribution in [0.2, 0.25) is 0 Å². The third kappa shape index (κ3) is 5.68. The first-order valence-electron chi connectivity index (χ1n) is 7.24. The summed E-state index contributed by atoms with van der Waals surface area (Å²) in [6, 6.07) is 11.4. The second-order valence-electron chi connectivity index (χ2n) is 4.93. The second-order valence-corrected chi connectivity index (χ2v) is 4.93. The monoisotopic (exact) mass is 334 g/mol. The summed E-state index contributed by atoms with van der Waals surface area (Å²) in [6.45, 7) is -0.334. The Kier molecular flexibility index (Phi) is 6.24. The number of carbonyl (C=O) groups excluding carboxylic acids is 2. The summed E-state index contributed by atoms with van der Waals surface area (Å²) in [5.41, 5.74) is 4.83. The lowest BCUT2D eigenvalue weighted by molar-refractivity contribution is -0.130. The van der Waals surface area contributed by atoms with Crippen molar-refractivity contribution in [3.63, 3.8) is 0 Å². The number of nitrogens with one attached hydrogen (secondary N) is 2. The van der Waals surface area contributed by atoms with Gasteiger partial charge in [-0.25, -0.2) is 8.78 Å². The molecule has 0 unspecified atom stereocenters. The number of benzene rings is 2. The molecule has 0 saturated heterocycles. The van der Waals surface area contributed by atoms with Gasteiger partial charge in [0, 0.05) is 6.42 Å². The van der Waals surface area contributed by atoms with Crippen LogP contribution >= 0.6 is 0 Å². The van der Waals surface area contributed by atoms with Crippen LogP contribution in [0.4, 0.5) is 8.78 Å². The summed E-state index contributed by atoms with van der Waals surface area (Å²) in [6.07, 6.45) is 0.250. The fourth-order valence-corrected chi connectivity index (χ4v) is 1.87. The Morgan fingerprint density at radius 1 is 0.917 bits per heavy atom. The number of carbonyl (C=O) groups is 2. The molecule has 0 fully saturated rings. The average molecular weight is 334 g/mol. The third-order valence-corrected chi connectivity index (χ3v) is 3.10. The van der Waals surface area contributed by atoms with Crippen LogP contribution in [-0.4, -0.2) is 18.4 Å². The van der Waals surface area contributed by atoms with Crippen molar-refractivity contribution in [1.82, 2.24) is 10.9 Å². The summed E-state index contributed by atoms with van der Waals surface area (Å²) in [5, 5.41) is 0. The van der Waals surface area contributed by atoms with Crippen LogP contribution in [0.3, 0.4) is 0 Å². The minimum Gasteiger partial charge on any atom is -0.484 e. The van der Waals surface area contributed by atoms with Crippen molar-refractivity contribution in [3.05, 3.63) is 65.7 Å². The van der Waals surface area contributed by atoms with Crippen LogP contribution in [0, 0.1) is 11.6 Å². The zero-order valence-electron chi connectivity index (χ0n) is 12.7.